The van der Waals surface area contributed by atoms with Gasteiger partial charge < -0.3 is 9.80 Å². The number of aryl methyl sites for hydroxylation is 1. The van der Waals surface area contributed by atoms with E-state index in [-0.39, 0.29) is 24.1 Å². The van der Waals surface area contributed by atoms with E-state index >= 15 is 0 Å². The van der Waals surface area contributed by atoms with Crippen LogP contribution in [0.5, 0.6) is 0 Å². The van der Waals surface area contributed by atoms with Gasteiger partial charge >= 0.3 is 0 Å². The highest BCUT2D eigenvalue weighted by molar-refractivity contribution is 5.76. The molecule has 1 unspecified atom stereocenters. The van der Waals surface area contributed by atoms with Gasteiger partial charge in [-0.25, -0.2) is 9.67 Å². The molecule has 3 heterocycles. The summed E-state index contributed by atoms with van der Waals surface area (Å²) in [5.41, 5.74) is 1.21. The standard InChI is InChI=1S/C17H22N6O2/c1-12-6-7-16(24)23(20-12)11-17(25)22-8-4-5-14(22)13-9-18-10-15(19-13)21(2)3/h6-7,9-10,14H,4-5,8,11H2,1-3H3. The smallest absolute Gasteiger partial charge is 0.267 e. The number of likely N-dealkylation sites (tertiary alicyclic amines) is 1. The van der Waals surface area contributed by atoms with Crippen molar-refractivity contribution in [1.29, 1.82) is 0 Å². The Morgan fingerprint density at radius 1 is 1.32 bits per heavy atom. The Hall–Kier alpha value is -2.77. The number of nitrogens with zero attached hydrogens (tertiary/aromatic N) is 6. The highest BCUT2D eigenvalue weighted by Gasteiger charge is 2.31. The molecule has 2 aromatic rings. The molecule has 0 radical (unpaired) electrons. The first kappa shape index (κ1) is 17.1. The van der Waals surface area contributed by atoms with Gasteiger partial charge in [-0.05, 0) is 25.8 Å². The minimum atomic E-state index is -0.274. The van der Waals surface area contributed by atoms with Crippen LogP contribution in [0.15, 0.2) is 29.3 Å². The van der Waals surface area contributed by atoms with Gasteiger partial charge in [-0.1, -0.05) is 0 Å². The van der Waals surface area contributed by atoms with Crippen molar-refractivity contribution in [2.24, 2.45) is 0 Å². The topological polar surface area (TPSA) is 84.2 Å². The van der Waals surface area contributed by atoms with Crippen molar-refractivity contribution in [2.75, 3.05) is 25.5 Å². The van der Waals surface area contributed by atoms with Gasteiger partial charge in [0, 0.05) is 26.7 Å². The maximum atomic E-state index is 12.7. The van der Waals surface area contributed by atoms with Gasteiger partial charge in [0.15, 0.2) is 0 Å². The summed E-state index contributed by atoms with van der Waals surface area (Å²) in [4.78, 5) is 37.2. The summed E-state index contributed by atoms with van der Waals surface area (Å²) in [6.45, 7) is 2.39. The molecule has 1 atom stereocenters. The van der Waals surface area contributed by atoms with Crippen LogP contribution in [-0.4, -0.2) is 51.2 Å². The summed E-state index contributed by atoms with van der Waals surface area (Å²) < 4.78 is 1.22. The van der Waals surface area contributed by atoms with Gasteiger partial charge in [0.1, 0.15) is 12.4 Å². The molecule has 1 fully saturated rings. The molecule has 3 rings (SSSR count). The molecule has 8 nitrogen and oxygen atoms in total. The van der Waals surface area contributed by atoms with E-state index in [0.29, 0.717) is 12.2 Å². The highest BCUT2D eigenvalue weighted by atomic mass is 16.2. The Labute approximate surface area is 146 Å². The molecule has 1 aliphatic heterocycles. The SMILES string of the molecule is Cc1ccc(=O)n(CC(=O)N2CCCC2c2cncc(N(C)C)n2)n1. The number of aromatic nitrogens is 4. The van der Waals surface area contributed by atoms with Crippen LogP contribution in [0.2, 0.25) is 0 Å². The minimum Gasteiger partial charge on any atom is -0.361 e. The lowest BCUT2D eigenvalue weighted by atomic mass is 10.1. The zero-order chi connectivity index (χ0) is 18.0. The van der Waals surface area contributed by atoms with Gasteiger partial charge in [-0.2, -0.15) is 5.10 Å². The first-order chi connectivity index (χ1) is 12.0. The molecule has 0 aromatic carbocycles. The molecule has 132 valence electrons. The molecule has 25 heavy (non-hydrogen) atoms. The predicted molar refractivity (Wildman–Crippen MR) is 93.3 cm³/mol. The number of hydrogen-bond donors (Lipinski definition) is 0. The normalized spacial score (nSPS) is 16.9. The molecule has 1 amide bonds. The second kappa shape index (κ2) is 7.00. The van der Waals surface area contributed by atoms with Crippen LogP contribution < -0.4 is 10.5 Å². The molecule has 0 N–H and O–H groups in total. The van der Waals surface area contributed by atoms with E-state index in [1.807, 2.05) is 19.0 Å². The minimum absolute atomic E-state index is 0.0577. The molecule has 2 aromatic heterocycles. The van der Waals surface area contributed by atoms with E-state index in [4.69, 9.17) is 0 Å². The average Bonchev–Trinajstić information content (AvgIpc) is 3.08. The largest absolute Gasteiger partial charge is 0.361 e. The third-order valence-electron chi connectivity index (χ3n) is 4.30. The van der Waals surface area contributed by atoms with E-state index in [9.17, 15) is 9.59 Å². The van der Waals surface area contributed by atoms with Gasteiger partial charge in [0.25, 0.3) is 5.56 Å². The molecular formula is C17H22N6O2. The first-order valence-corrected chi connectivity index (χ1v) is 8.29. The third-order valence-corrected chi connectivity index (χ3v) is 4.30. The van der Waals surface area contributed by atoms with Crippen molar-refractivity contribution in [3.05, 3.63) is 46.3 Å². The van der Waals surface area contributed by atoms with E-state index in [0.717, 1.165) is 24.4 Å². The van der Waals surface area contributed by atoms with Crippen molar-refractivity contribution in [1.82, 2.24) is 24.6 Å². The van der Waals surface area contributed by atoms with E-state index < -0.39 is 0 Å². The van der Waals surface area contributed by atoms with Gasteiger partial charge in [-0.15, -0.1) is 0 Å². The number of carbonyl (C=O) groups is 1. The fourth-order valence-corrected chi connectivity index (χ4v) is 3.00. The molecule has 0 bridgehead atoms. The Bertz CT molecular complexity index is 832. The summed E-state index contributed by atoms with van der Waals surface area (Å²) in [7, 11) is 3.81. The zero-order valence-electron chi connectivity index (χ0n) is 14.7. The molecule has 1 aliphatic rings. The van der Waals surface area contributed by atoms with E-state index in [1.54, 1.807) is 30.3 Å². The van der Waals surface area contributed by atoms with Crippen LogP contribution in [0.3, 0.4) is 0 Å². The van der Waals surface area contributed by atoms with E-state index in [2.05, 4.69) is 15.1 Å². The maximum Gasteiger partial charge on any atom is 0.267 e. The number of carbonyl (C=O) groups excluding carboxylic acids is 1. The van der Waals surface area contributed by atoms with Crippen molar-refractivity contribution in [3.8, 4) is 0 Å². The lowest BCUT2D eigenvalue weighted by Gasteiger charge is -2.25. The molecular weight excluding hydrogens is 320 g/mol. The first-order valence-electron chi connectivity index (χ1n) is 8.29. The zero-order valence-corrected chi connectivity index (χ0v) is 14.7. The molecule has 8 heteroatoms. The van der Waals surface area contributed by atoms with E-state index in [1.165, 1.54) is 10.7 Å². The van der Waals surface area contributed by atoms with Crippen molar-refractivity contribution < 1.29 is 4.79 Å². The third kappa shape index (κ3) is 3.67. The second-order valence-corrected chi connectivity index (χ2v) is 6.41. The van der Waals surface area contributed by atoms with Crippen LogP contribution in [0.4, 0.5) is 5.82 Å². The number of anilines is 1. The number of amides is 1. The number of rotatable bonds is 4. The summed E-state index contributed by atoms with van der Waals surface area (Å²) >= 11 is 0. The summed E-state index contributed by atoms with van der Waals surface area (Å²) in [5.74, 6) is 0.633. The molecule has 1 saturated heterocycles. The number of hydrogen-bond acceptors (Lipinski definition) is 6. The molecule has 0 saturated carbocycles. The Morgan fingerprint density at radius 2 is 2.12 bits per heavy atom. The van der Waals surface area contributed by atoms with Crippen LogP contribution in [0.25, 0.3) is 0 Å². The van der Waals surface area contributed by atoms with Crippen LogP contribution in [-0.2, 0) is 11.3 Å². The van der Waals surface area contributed by atoms with Crippen molar-refractivity contribution in [3.63, 3.8) is 0 Å². The van der Waals surface area contributed by atoms with Crippen molar-refractivity contribution in [2.45, 2.75) is 32.4 Å². The lowest BCUT2D eigenvalue weighted by Crippen LogP contribution is -2.37. The highest BCUT2D eigenvalue weighted by Crippen LogP contribution is 2.31. The van der Waals surface area contributed by atoms with Crippen molar-refractivity contribution >= 4 is 11.7 Å². The Kier molecular flexibility index (Phi) is 4.78. The monoisotopic (exact) mass is 342 g/mol. The summed E-state index contributed by atoms with van der Waals surface area (Å²) in [6.07, 6.45) is 5.15. The Morgan fingerprint density at radius 3 is 2.88 bits per heavy atom. The van der Waals surface area contributed by atoms with Crippen LogP contribution in [0.1, 0.15) is 30.3 Å². The molecule has 0 aliphatic carbocycles. The van der Waals surface area contributed by atoms with Gasteiger partial charge in [-0.3, -0.25) is 14.6 Å². The summed E-state index contributed by atoms with van der Waals surface area (Å²) in [5, 5.41) is 4.14. The average molecular weight is 342 g/mol. The fraction of sp³-hybridized carbons (Fsp3) is 0.471. The Balaban J connectivity index is 1.81. The van der Waals surface area contributed by atoms with Crippen LogP contribution >= 0.6 is 0 Å². The van der Waals surface area contributed by atoms with Gasteiger partial charge in [0.2, 0.25) is 5.91 Å². The second-order valence-electron chi connectivity index (χ2n) is 6.41. The van der Waals surface area contributed by atoms with Gasteiger partial charge in [0.05, 0.1) is 29.8 Å². The van der Waals surface area contributed by atoms with Crippen LogP contribution in [0, 0.1) is 6.92 Å². The predicted octanol–water partition coefficient (Wildman–Crippen LogP) is 0.771. The molecule has 0 spiro atoms. The quantitative estimate of drug-likeness (QED) is 0.816. The summed E-state index contributed by atoms with van der Waals surface area (Å²) in [6, 6.07) is 2.97. The lowest BCUT2D eigenvalue weighted by molar-refractivity contribution is -0.133. The maximum absolute atomic E-state index is 12.7. The fourth-order valence-electron chi connectivity index (χ4n) is 3.00.